The van der Waals surface area contributed by atoms with E-state index in [9.17, 15) is 4.79 Å². The number of carbonyl (C=O) groups is 1. The molecule has 2 heterocycles. The van der Waals surface area contributed by atoms with Crippen molar-refractivity contribution in [3.63, 3.8) is 0 Å². The van der Waals surface area contributed by atoms with Crippen molar-refractivity contribution in [3.8, 4) is 17.2 Å². The van der Waals surface area contributed by atoms with Crippen LogP contribution in [-0.2, 0) is 0 Å². The van der Waals surface area contributed by atoms with E-state index >= 15 is 0 Å². The minimum atomic E-state index is -0.0400. The molecular formula is C19H25N3O3. The van der Waals surface area contributed by atoms with Crippen LogP contribution in [0.5, 0.6) is 5.75 Å². The summed E-state index contributed by atoms with van der Waals surface area (Å²) in [6.07, 6.45) is 2.18. The zero-order chi connectivity index (χ0) is 17.8. The van der Waals surface area contributed by atoms with Gasteiger partial charge in [-0.25, -0.2) is 4.98 Å². The van der Waals surface area contributed by atoms with Gasteiger partial charge in [-0.2, -0.15) is 0 Å². The van der Waals surface area contributed by atoms with E-state index in [0.717, 1.165) is 43.8 Å². The molecule has 1 atom stereocenters. The molecule has 6 heteroatoms. The highest BCUT2D eigenvalue weighted by atomic mass is 16.5. The monoisotopic (exact) mass is 343 g/mol. The molecule has 134 valence electrons. The number of hydrogen-bond donors (Lipinski definition) is 1. The Kier molecular flexibility index (Phi) is 5.38. The lowest BCUT2D eigenvalue weighted by atomic mass is 9.98. The van der Waals surface area contributed by atoms with Crippen LogP contribution in [0.2, 0.25) is 0 Å². The number of benzene rings is 1. The van der Waals surface area contributed by atoms with Crippen LogP contribution in [0.25, 0.3) is 11.5 Å². The van der Waals surface area contributed by atoms with Crippen molar-refractivity contribution in [2.75, 3.05) is 33.8 Å². The van der Waals surface area contributed by atoms with E-state index in [2.05, 4.69) is 10.3 Å². The molecule has 0 radical (unpaired) electrons. The minimum absolute atomic E-state index is 0.0400. The molecule has 2 aromatic rings. The van der Waals surface area contributed by atoms with Gasteiger partial charge in [0.05, 0.1) is 7.11 Å². The van der Waals surface area contributed by atoms with E-state index in [0.29, 0.717) is 23.3 Å². The fraction of sp³-hybridized carbons (Fsp3) is 0.474. The third kappa shape index (κ3) is 3.85. The third-order valence-electron chi connectivity index (χ3n) is 4.64. The zero-order valence-electron chi connectivity index (χ0n) is 15.0. The van der Waals surface area contributed by atoms with Gasteiger partial charge < -0.3 is 19.4 Å². The molecule has 0 aliphatic carbocycles. The number of oxazole rings is 1. The summed E-state index contributed by atoms with van der Waals surface area (Å²) >= 11 is 0. The first-order valence-corrected chi connectivity index (χ1v) is 8.68. The summed E-state index contributed by atoms with van der Waals surface area (Å²) in [5, 5.41) is 3.20. The summed E-state index contributed by atoms with van der Waals surface area (Å²) in [6.45, 7) is 4.27. The van der Waals surface area contributed by atoms with Crippen LogP contribution in [0.1, 0.15) is 29.1 Å². The third-order valence-corrected chi connectivity index (χ3v) is 4.64. The SMILES string of the molecule is CNCC1CCCN(C(=O)c2nc(-c3ccc(OC)cc3)oc2C)C1. The highest BCUT2D eigenvalue weighted by molar-refractivity contribution is 5.93. The number of carbonyl (C=O) groups excluding carboxylic acids is 1. The van der Waals surface area contributed by atoms with Crippen LogP contribution in [-0.4, -0.2) is 49.6 Å². The van der Waals surface area contributed by atoms with Gasteiger partial charge in [-0.05, 0) is 63.5 Å². The van der Waals surface area contributed by atoms with Gasteiger partial charge in [0.2, 0.25) is 5.89 Å². The normalized spacial score (nSPS) is 17.6. The van der Waals surface area contributed by atoms with E-state index in [1.54, 1.807) is 14.0 Å². The fourth-order valence-corrected chi connectivity index (χ4v) is 3.31. The average molecular weight is 343 g/mol. The van der Waals surface area contributed by atoms with Crippen LogP contribution in [0.4, 0.5) is 0 Å². The van der Waals surface area contributed by atoms with Crippen molar-refractivity contribution in [1.82, 2.24) is 15.2 Å². The molecule has 1 aliphatic heterocycles. The number of aromatic nitrogens is 1. The number of piperidine rings is 1. The number of nitrogens with one attached hydrogen (secondary N) is 1. The lowest BCUT2D eigenvalue weighted by Gasteiger charge is -2.32. The van der Waals surface area contributed by atoms with E-state index in [1.807, 2.05) is 36.2 Å². The lowest BCUT2D eigenvalue weighted by Crippen LogP contribution is -2.42. The second kappa shape index (κ2) is 7.70. The lowest BCUT2D eigenvalue weighted by molar-refractivity contribution is 0.0667. The minimum Gasteiger partial charge on any atom is -0.497 e. The first-order valence-electron chi connectivity index (χ1n) is 8.68. The first-order chi connectivity index (χ1) is 12.1. The smallest absolute Gasteiger partial charge is 0.276 e. The standard InChI is InChI=1S/C19H25N3O3/c1-13-17(19(23)22-10-4-5-14(12-22)11-20-2)21-18(25-13)15-6-8-16(24-3)9-7-15/h6-9,14,20H,4-5,10-12H2,1-3H3. The number of amides is 1. The molecule has 1 unspecified atom stereocenters. The van der Waals surface area contributed by atoms with Gasteiger partial charge in [0.25, 0.3) is 5.91 Å². The highest BCUT2D eigenvalue weighted by Crippen LogP contribution is 2.26. The maximum Gasteiger partial charge on any atom is 0.276 e. The van der Waals surface area contributed by atoms with Crippen LogP contribution in [0, 0.1) is 12.8 Å². The molecule has 3 rings (SSSR count). The quantitative estimate of drug-likeness (QED) is 0.904. The molecular weight excluding hydrogens is 318 g/mol. The number of nitrogens with zero attached hydrogens (tertiary/aromatic N) is 2. The number of hydrogen-bond acceptors (Lipinski definition) is 5. The topological polar surface area (TPSA) is 67.6 Å². The molecule has 25 heavy (non-hydrogen) atoms. The van der Waals surface area contributed by atoms with Gasteiger partial charge >= 0.3 is 0 Å². The van der Waals surface area contributed by atoms with Crippen molar-refractivity contribution < 1.29 is 13.9 Å². The second-order valence-corrected chi connectivity index (χ2v) is 6.47. The Labute approximate surface area is 148 Å². The summed E-state index contributed by atoms with van der Waals surface area (Å²) in [5.41, 5.74) is 1.24. The molecule has 6 nitrogen and oxygen atoms in total. The van der Waals surface area contributed by atoms with Crippen molar-refractivity contribution >= 4 is 5.91 Å². The Balaban J connectivity index is 1.78. The van der Waals surface area contributed by atoms with Gasteiger partial charge in [0.1, 0.15) is 11.5 Å². The number of ether oxygens (including phenoxy) is 1. The van der Waals surface area contributed by atoms with Crippen molar-refractivity contribution in [2.45, 2.75) is 19.8 Å². The van der Waals surface area contributed by atoms with Crippen molar-refractivity contribution in [2.24, 2.45) is 5.92 Å². The zero-order valence-corrected chi connectivity index (χ0v) is 15.0. The number of methoxy groups -OCH3 is 1. The van der Waals surface area contributed by atoms with Gasteiger partial charge in [0.15, 0.2) is 5.69 Å². The summed E-state index contributed by atoms with van der Waals surface area (Å²) in [7, 11) is 3.57. The van der Waals surface area contributed by atoms with Crippen LogP contribution < -0.4 is 10.1 Å². The average Bonchev–Trinajstić information content (AvgIpc) is 3.03. The molecule has 1 aromatic heterocycles. The summed E-state index contributed by atoms with van der Waals surface area (Å²) in [6, 6.07) is 7.46. The predicted octanol–water partition coefficient (Wildman–Crippen LogP) is 2.73. The molecule has 1 aromatic carbocycles. The molecule has 1 amide bonds. The van der Waals surface area contributed by atoms with Gasteiger partial charge in [0, 0.05) is 18.7 Å². The Morgan fingerprint density at radius 3 is 2.84 bits per heavy atom. The molecule has 1 saturated heterocycles. The Bertz CT molecular complexity index is 722. The molecule has 1 aliphatic rings. The van der Waals surface area contributed by atoms with Crippen LogP contribution in [0.15, 0.2) is 28.7 Å². The number of aryl methyl sites for hydroxylation is 1. The number of likely N-dealkylation sites (tertiary alicyclic amines) is 1. The summed E-state index contributed by atoms with van der Waals surface area (Å²) in [5.74, 6) is 2.25. The van der Waals surface area contributed by atoms with E-state index in [4.69, 9.17) is 9.15 Å². The molecule has 1 fully saturated rings. The Morgan fingerprint density at radius 2 is 2.16 bits per heavy atom. The highest BCUT2D eigenvalue weighted by Gasteiger charge is 2.28. The molecule has 0 spiro atoms. The van der Waals surface area contributed by atoms with Crippen molar-refractivity contribution in [3.05, 3.63) is 35.7 Å². The largest absolute Gasteiger partial charge is 0.497 e. The van der Waals surface area contributed by atoms with Crippen LogP contribution in [0.3, 0.4) is 0 Å². The molecule has 1 N–H and O–H groups in total. The van der Waals surface area contributed by atoms with E-state index in [1.165, 1.54) is 0 Å². The van der Waals surface area contributed by atoms with E-state index in [-0.39, 0.29) is 5.91 Å². The summed E-state index contributed by atoms with van der Waals surface area (Å²) in [4.78, 5) is 19.2. The Morgan fingerprint density at radius 1 is 1.40 bits per heavy atom. The predicted molar refractivity (Wildman–Crippen MR) is 95.8 cm³/mol. The van der Waals surface area contributed by atoms with Gasteiger partial charge in [-0.3, -0.25) is 4.79 Å². The summed E-state index contributed by atoms with van der Waals surface area (Å²) < 4.78 is 10.9. The maximum absolute atomic E-state index is 12.9. The molecule has 0 bridgehead atoms. The van der Waals surface area contributed by atoms with Gasteiger partial charge in [-0.15, -0.1) is 0 Å². The van der Waals surface area contributed by atoms with Gasteiger partial charge in [-0.1, -0.05) is 0 Å². The van der Waals surface area contributed by atoms with E-state index < -0.39 is 0 Å². The van der Waals surface area contributed by atoms with Crippen LogP contribution >= 0.6 is 0 Å². The number of rotatable bonds is 5. The first kappa shape index (κ1) is 17.5. The second-order valence-electron chi connectivity index (χ2n) is 6.47. The fourth-order valence-electron chi connectivity index (χ4n) is 3.31. The Hall–Kier alpha value is -2.34. The molecule has 0 saturated carbocycles. The maximum atomic E-state index is 12.9. The van der Waals surface area contributed by atoms with Crippen molar-refractivity contribution in [1.29, 1.82) is 0 Å².